The number of hydrogen-bond donors (Lipinski definition) is 1. The van der Waals surface area contributed by atoms with Crippen LogP contribution in [-0.4, -0.2) is 76.8 Å². The maximum Gasteiger partial charge on any atom is 0.265 e. The first-order valence-corrected chi connectivity index (χ1v) is 8.79. The normalized spacial score (nSPS) is 15.2. The zero-order valence-electron chi connectivity index (χ0n) is 13.0. The van der Waals surface area contributed by atoms with Crippen LogP contribution in [0.25, 0.3) is 0 Å². The van der Waals surface area contributed by atoms with E-state index in [-0.39, 0.29) is 5.75 Å². The van der Waals surface area contributed by atoms with Crippen molar-refractivity contribution in [2.75, 3.05) is 59.4 Å². The molecular formula is C13H30NO5S+. The molecule has 0 fully saturated rings. The van der Waals surface area contributed by atoms with Crippen LogP contribution in [0.4, 0.5) is 0 Å². The molecule has 0 aromatic carbocycles. The lowest BCUT2D eigenvalue weighted by molar-refractivity contribution is -0.910. The van der Waals surface area contributed by atoms with E-state index in [1.54, 1.807) is 7.11 Å². The fraction of sp³-hybridized carbons (Fsp3) is 1.00. The number of hydrogen-bond acceptors (Lipinski definition) is 4. The Balaban J connectivity index is 4.13. The van der Waals surface area contributed by atoms with E-state index in [0.717, 1.165) is 37.0 Å². The van der Waals surface area contributed by atoms with Crippen LogP contribution in [0.2, 0.25) is 0 Å². The second-order valence-corrected chi connectivity index (χ2v) is 6.96. The topological polar surface area (TPSA) is 72.8 Å². The molecule has 0 spiro atoms. The van der Waals surface area contributed by atoms with Gasteiger partial charge in [-0.15, -0.1) is 0 Å². The Morgan fingerprint density at radius 2 is 1.70 bits per heavy atom. The van der Waals surface area contributed by atoms with Crippen molar-refractivity contribution in [1.82, 2.24) is 0 Å². The molecule has 0 rings (SSSR count). The summed E-state index contributed by atoms with van der Waals surface area (Å²) in [5, 5.41) is 0. The van der Waals surface area contributed by atoms with Crippen LogP contribution < -0.4 is 0 Å². The molecule has 0 aliphatic heterocycles. The van der Waals surface area contributed by atoms with Crippen molar-refractivity contribution in [3.8, 4) is 0 Å². The van der Waals surface area contributed by atoms with Crippen LogP contribution >= 0.6 is 0 Å². The highest BCUT2D eigenvalue weighted by Crippen LogP contribution is 2.08. The molecule has 0 amide bonds. The molecule has 0 bridgehead atoms. The largest absolute Gasteiger partial charge is 0.382 e. The summed E-state index contributed by atoms with van der Waals surface area (Å²) in [6, 6.07) is 0. The van der Waals surface area contributed by atoms with Gasteiger partial charge in [-0.2, -0.15) is 8.42 Å². The third-order valence-electron chi connectivity index (χ3n) is 3.36. The maximum absolute atomic E-state index is 10.8. The SMILES string of the molecule is CCCC[N+](C)(CCCS(=O)(=O)O)CCOCCOC. The van der Waals surface area contributed by atoms with Crippen molar-refractivity contribution in [3.05, 3.63) is 0 Å². The van der Waals surface area contributed by atoms with Crippen LogP contribution in [0.1, 0.15) is 26.2 Å². The minimum absolute atomic E-state index is 0.169. The molecule has 0 aromatic rings. The minimum Gasteiger partial charge on any atom is -0.382 e. The van der Waals surface area contributed by atoms with Crippen LogP contribution in [0.15, 0.2) is 0 Å². The predicted octanol–water partition coefficient (Wildman–Crippen LogP) is 1.17. The highest BCUT2D eigenvalue weighted by molar-refractivity contribution is 7.85. The number of nitrogens with zero attached hydrogens (tertiary/aromatic N) is 1. The van der Waals surface area contributed by atoms with Gasteiger partial charge >= 0.3 is 0 Å². The van der Waals surface area contributed by atoms with Gasteiger partial charge in [0, 0.05) is 13.5 Å². The van der Waals surface area contributed by atoms with Crippen molar-refractivity contribution < 1.29 is 26.9 Å². The highest BCUT2D eigenvalue weighted by Gasteiger charge is 2.21. The summed E-state index contributed by atoms with van der Waals surface area (Å²) in [5.41, 5.74) is 0. The summed E-state index contributed by atoms with van der Waals surface area (Å²) in [5.74, 6) is -0.169. The van der Waals surface area contributed by atoms with Crippen LogP contribution in [-0.2, 0) is 19.6 Å². The van der Waals surface area contributed by atoms with E-state index in [4.69, 9.17) is 14.0 Å². The smallest absolute Gasteiger partial charge is 0.265 e. The van der Waals surface area contributed by atoms with Gasteiger partial charge in [0.25, 0.3) is 10.1 Å². The Bertz CT molecular complexity index is 334. The first-order chi connectivity index (χ1) is 9.33. The molecule has 0 saturated carbocycles. The van der Waals surface area contributed by atoms with Gasteiger partial charge in [0.1, 0.15) is 6.54 Å². The second-order valence-electron chi connectivity index (χ2n) is 5.39. The Morgan fingerprint density at radius 1 is 1.05 bits per heavy atom. The van der Waals surface area contributed by atoms with Crippen molar-refractivity contribution in [1.29, 1.82) is 0 Å². The van der Waals surface area contributed by atoms with E-state index in [1.165, 1.54) is 0 Å². The molecule has 0 aliphatic carbocycles. The van der Waals surface area contributed by atoms with Gasteiger partial charge in [-0.3, -0.25) is 4.55 Å². The lowest BCUT2D eigenvalue weighted by Crippen LogP contribution is -2.48. The van der Waals surface area contributed by atoms with Gasteiger partial charge in [0.2, 0.25) is 0 Å². The van der Waals surface area contributed by atoms with Crippen molar-refractivity contribution >= 4 is 10.1 Å². The number of unbranched alkanes of at least 4 members (excludes halogenated alkanes) is 1. The lowest BCUT2D eigenvalue weighted by atomic mass is 10.2. The Kier molecular flexibility index (Phi) is 10.4. The first-order valence-electron chi connectivity index (χ1n) is 7.18. The Morgan fingerprint density at radius 3 is 2.25 bits per heavy atom. The van der Waals surface area contributed by atoms with E-state index >= 15 is 0 Å². The van der Waals surface area contributed by atoms with E-state index < -0.39 is 10.1 Å². The summed E-state index contributed by atoms with van der Waals surface area (Å²) in [7, 11) is -0.108. The predicted molar refractivity (Wildman–Crippen MR) is 79.4 cm³/mol. The van der Waals surface area contributed by atoms with Gasteiger partial charge in [-0.05, 0) is 6.42 Å². The van der Waals surface area contributed by atoms with Crippen molar-refractivity contribution in [2.24, 2.45) is 0 Å². The van der Waals surface area contributed by atoms with Gasteiger partial charge in [0.15, 0.2) is 0 Å². The van der Waals surface area contributed by atoms with Crippen LogP contribution in [0, 0.1) is 0 Å². The maximum atomic E-state index is 10.8. The second kappa shape index (κ2) is 10.5. The van der Waals surface area contributed by atoms with E-state index in [0.29, 0.717) is 26.2 Å². The lowest BCUT2D eigenvalue weighted by Gasteiger charge is -2.34. The molecule has 1 N–H and O–H groups in total. The third kappa shape index (κ3) is 11.6. The van der Waals surface area contributed by atoms with Gasteiger partial charge in [0.05, 0.1) is 45.7 Å². The van der Waals surface area contributed by atoms with Gasteiger partial charge in [-0.1, -0.05) is 13.3 Å². The number of ether oxygens (including phenoxy) is 2. The number of rotatable bonds is 13. The molecule has 0 aromatic heterocycles. The first kappa shape index (κ1) is 19.8. The molecule has 0 aliphatic rings. The number of likely N-dealkylation sites (N-methyl/N-ethyl adjacent to an activating group) is 1. The monoisotopic (exact) mass is 312 g/mol. The van der Waals surface area contributed by atoms with Crippen LogP contribution in [0.3, 0.4) is 0 Å². The average molecular weight is 312 g/mol. The fourth-order valence-corrected chi connectivity index (χ4v) is 2.53. The standard InChI is InChI=1S/C13H29NO5S/c1-4-5-7-14(2,8-6-13-20(15,16)17)9-10-19-12-11-18-3/h4-13H2,1-3H3/p+1. The molecule has 1 atom stereocenters. The molecule has 122 valence electrons. The molecule has 7 heteroatoms. The number of quaternary nitrogens is 1. The zero-order chi connectivity index (χ0) is 15.5. The molecular weight excluding hydrogens is 282 g/mol. The highest BCUT2D eigenvalue weighted by atomic mass is 32.2. The van der Waals surface area contributed by atoms with Gasteiger partial charge < -0.3 is 14.0 Å². The summed E-state index contributed by atoms with van der Waals surface area (Å²) in [6.07, 6.45) is 2.67. The quantitative estimate of drug-likeness (QED) is 0.314. The van der Waals surface area contributed by atoms with E-state index in [9.17, 15) is 8.42 Å². The van der Waals surface area contributed by atoms with Crippen molar-refractivity contribution in [3.63, 3.8) is 0 Å². The fourth-order valence-electron chi connectivity index (χ4n) is 2.03. The number of methoxy groups -OCH3 is 1. The molecule has 0 radical (unpaired) electrons. The summed E-state index contributed by atoms with van der Waals surface area (Å²) in [6.45, 7) is 6.50. The molecule has 0 heterocycles. The molecule has 6 nitrogen and oxygen atoms in total. The minimum atomic E-state index is -3.86. The zero-order valence-corrected chi connectivity index (χ0v) is 13.8. The van der Waals surface area contributed by atoms with E-state index in [1.807, 2.05) is 0 Å². The van der Waals surface area contributed by atoms with Crippen molar-refractivity contribution in [2.45, 2.75) is 26.2 Å². The molecule has 1 unspecified atom stereocenters. The summed E-state index contributed by atoms with van der Waals surface area (Å²) >= 11 is 0. The molecule has 20 heavy (non-hydrogen) atoms. The molecule has 0 saturated heterocycles. The van der Waals surface area contributed by atoms with Crippen LogP contribution in [0.5, 0.6) is 0 Å². The summed E-state index contributed by atoms with van der Waals surface area (Å²) in [4.78, 5) is 0. The van der Waals surface area contributed by atoms with E-state index in [2.05, 4.69) is 14.0 Å². The summed E-state index contributed by atoms with van der Waals surface area (Å²) < 4.78 is 41.5. The average Bonchev–Trinajstić information content (AvgIpc) is 2.35. The Labute approximate surface area is 123 Å². The Hall–Kier alpha value is -0.210. The third-order valence-corrected chi connectivity index (χ3v) is 4.16. The van der Waals surface area contributed by atoms with Gasteiger partial charge in [-0.25, -0.2) is 0 Å².